The number of rotatable bonds is 15. The SMILES string of the molecule is CC(C)CC(N)C(=O)NC(CCC(=O)O)C(=O)NC(CS)C(=O)NC(Cc1c[nH]c2ccccc12)C(=O)O. The van der Waals surface area contributed by atoms with Crippen LogP contribution in [0.15, 0.2) is 30.5 Å². The summed E-state index contributed by atoms with van der Waals surface area (Å²) in [6.07, 6.45) is 1.36. The third-order valence-corrected chi connectivity index (χ3v) is 6.24. The van der Waals surface area contributed by atoms with Crippen LogP contribution in [0.4, 0.5) is 0 Å². The van der Waals surface area contributed by atoms with E-state index in [1.807, 2.05) is 38.1 Å². The third-order valence-electron chi connectivity index (χ3n) is 5.87. The second-order valence-electron chi connectivity index (χ2n) is 9.44. The fraction of sp³-hybridized carbons (Fsp3) is 0.480. The zero-order valence-electron chi connectivity index (χ0n) is 21.3. The van der Waals surface area contributed by atoms with Crippen LogP contribution in [0, 0.1) is 5.92 Å². The lowest BCUT2D eigenvalue weighted by Crippen LogP contribution is -2.58. The van der Waals surface area contributed by atoms with E-state index in [2.05, 4.69) is 33.6 Å². The molecule has 0 aliphatic heterocycles. The lowest BCUT2D eigenvalue weighted by molar-refractivity contribution is -0.142. The van der Waals surface area contributed by atoms with Gasteiger partial charge >= 0.3 is 11.9 Å². The van der Waals surface area contributed by atoms with Crippen molar-refractivity contribution in [1.29, 1.82) is 0 Å². The second kappa shape index (κ2) is 14.4. The van der Waals surface area contributed by atoms with E-state index in [0.717, 1.165) is 10.9 Å². The van der Waals surface area contributed by atoms with Gasteiger partial charge in [0.2, 0.25) is 17.7 Å². The van der Waals surface area contributed by atoms with E-state index in [1.54, 1.807) is 6.20 Å². The Labute approximate surface area is 225 Å². The van der Waals surface area contributed by atoms with Crippen LogP contribution < -0.4 is 21.7 Å². The number of para-hydroxylation sites is 1. The smallest absolute Gasteiger partial charge is 0.326 e. The van der Waals surface area contributed by atoms with Crippen LogP contribution in [-0.4, -0.2) is 74.8 Å². The maximum atomic E-state index is 12.9. The zero-order chi connectivity index (χ0) is 28.4. The molecule has 0 fully saturated rings. The lowest BCUT2D eigenvalue weighted by atomic mass is 10.0. The molecule has 8 N–H and O–H groups in total. The Hall–Kier alpha value is -3.58. The molecule has 2 aromatic rings. The molecule has 13 heteroatoms. The molecule has 208 valence electrons. The van der Waals surface area contributed by atoms with Gasteiger partial charge in [-0.2, -0.15) is 12.6 Å². The maximum Gasteiger partial charge on any atom is 0.326 e. The fourth-order valence-electron chi connectivity index (χ4n) is 3.89. The van der Waals surface area contributed by atoms with Crippen molar-refractivity contribution in [3.8, 4) is 0 Å². The number of H-pyrrole nitrogens is 1. The Morgan fingerprint density at radius 2 is 1.55 bits per heavy atom. The predicted octanol–water partition coefficient (Wildman–Crippen LogP) is 0.417. The van der Waals surface area contributed by atoms with Crippen molar-refractivity contribution in [2.75, 3.05) is 5.75 Å². The number of aliphatic carboxylic acids is 2. The number of carboxylic acid groups (broad SMARTS) is 2. The highest BCUT2D eigenvalue weighted by Gasteiger charge is 2.30. The molecule has 0 spiro atoms. The number of thiol groups is 1. The summed E-state index contributed by atoms with van der Waals surface area (Å²) >= 11 is 4.11. The largest absolute Gasteiger partial charge is 0.481 e. The van der Waals surface area contributed by atoms with Crippen molar-refractivity contribution >= 4 is 53.2 Å². The summed E-state index contributed by atoms with van der Waals surface area (Å²) in [5.74, 6) is -4.73. The van der Waals surface area contributed by atoms with Gasteiger partial charge in [0.15, 0.2) is 0 Å². The minimum Gasteiger partial charge on any atom is -0.481 e. The molecule has 4 atom stereocenters. The van der Waals surface area contributed by atoms with Gasteiger partial charge < -0.3 is 36.9 Å². The van der Waals surface area contributed by atoms with E-state index in [-0.39, 0.29) is 24.5 Å². The van der Waals surface area contributed by atoms with Crippen molar-refractivity contribution < 1.29 is 34.2 Å². The molecule has 0 saturated carbocycles. The van der Waals surface area contributed by atoms with Crippen molar-refractivity contribution in [3.05, 3.63) is 36.0 Å². The van der Waals surface area contributed by atoms with Gasteiger partial charge in [-0.15, -0.1) is 0 Å². The molecule has 38 heavy (non-hydrogen) atoms. The first-order chi connectivity index (χ1) is 17.9. The average molecular weight is 550 g/mol. The summed E-state index contributed by atoms with van der Waals surface area (Å²) in [7, 11) is 0. The molecule has 0 radical (unpaired) electrons. The van der Waals surface area contributed by atoms with E-state index in [0.29, 0.717) is 12.0 Å². The number of aromatic nitrogens is 1. The Morgan fingerprint density at radius 3 is 2.16 bits per heavy atom. The standard InChI is InChI=1S/C25H35N5O7S/c1-13(2)9-16(26)22(33)28-18(7-8-21(31)32)23(34)30-20(12-38)24(35)29-19(25(36)37)10-14-11-27-17-6-4-3-5-15(14)17/h3-6,11,13,16,18-20,27,38H,7-10,12,26H2,1-2H3,(H,28,33)(H,29,35)(H,30,34)(H,31,32)(H,36,37). The summed E-state index contributed by atoms with van der Waals surface area (Å²) in [4.78, 5) is 64.3. The third kappa shape index (κ3) is 9.06. The first-order valence-electron chi connectivity index (χ1n) is 12.2. The molecular formula is C25H35N5O7S. The van der Waals surface area contributed by atoms with Gasteiger partial charge in [0.25, 0.3) is 0 Å². The van der Waals surface area contributed by atoms with Gasteiger partial charge in [0.05, 0.1) is 6.04 Å². The normalized spacial score (nSPS) is 14.3. The number of benzene rings is 1. The molecule has 1 heterocycles. The number of amides is 3. The summed E-state index contributed by atoms with van der Waals surface area (Å²) < 4.78 is 0. The van der Waals surface area contributed by atoms with E-state index >= 15 is 0 Å². The molecule has 4 unspecified atom stereocenters. The van der Waals surface area contributed by atoms with Gasteiger partial charge in [-0.25, -0.2) is 4.79 Å². The molecule has 1 aromatic carbocycles. The number of hydrogen-bond acceptors (Lipinski definition) is 7. The number of fused-ring (bicyclic) bond motifs is 1. The minimum atomic E-state index is -1.29. The van der Waals surface area contributed by atoms with Gasteiger partial charge in [0.1, 0.15) is 18.1 Å². The highest BCUT2D eigenvalue weighted by atomic mass is 32.1. The number of aromatic amines is 1. The highest BCUT2D eigenvalue weighted by Crippen LogP contribution is 2.19. The highest BCUT2D eigenvalue weighted by molar-refractivity contribution is 7.80. The van der Waals surface area contributed by atoms with Gasteiger partial charge in [-0.05, 0) is 30.4 Å². The molecule has 1 aromatic heterocycles. The Bertz CT molecular complexity index is 1150. The van der Waals surface area contributed by atoms with Crippen molar-refractivity contribution in [1.82, 2.24) is 20.9 Å². The summed E-state index contributed by atoms with van der Waals surface area (Å²) in [6, 6.07) is 2.61. The average Bonchev–Trinajstić information content (AvgIpc) is 3.26. The van der Waals surface area contributed by atoms with E-state index < -0.39 is 60.2 Å². The summed E-state index contributed by atoms with van der Waals surface area (Å²) in [5.41, 5.74) is 7.39. The van der Waals surface area contributed by atoms with Crippen LogP contribution in [-0.2, 0) is 30.4 Å². The van der Waals surface area contributed by atoms with Gasteiger partial charge in [0, 0.05) is 35.7 Å². The topological polar surface area (TPSA) is 204 Å². The second-order valence-corrected chi connectivity index (χ2v) is 9.80. The molecular weight excluding hydrogens is 514 g/mol. The first kappa shape index (κ1) is 30.6. The van der Waals surface area contributed by atoms with Crippen LogP contribution in [0.25, 0.3) is 10.9 Å². The summed E-state index contributed by atoms with van der Waals surface area (Å²) in [5, 5.41) is 26.9. The van der Waals surface area contributed by atoms with Gasteiger partial charge in [-0.3, -0.25) is 19.2 Å². The van der Waals surface area contributed by atoms with Crippen LogP contribution in [0.5, 0.6) is 0 Å². The van der Waals surface area contributed by atoms with Crippen molar-refractivity contribution in [2.45, 2.75) is 63.7 Å². The minimum absolute atomic E-state index is 0.0106. The quantitative estimate of drug-likeness (QED) is 0.146. The number of nitrogens with one attached hydrogen (secondary N) is 4. The maximum absolute atomic E-state index is 12.9. The number of nitrogens with two attached hydrogens (primary N) is 1. The number of carbonyl (C=O) groups is 5. The van der Waals surface area contributed by atoms with E-state index in [4.69, 9.17) is 10.8 Å². The Morgan fingerprint density at radius 1 is 0.947 bits per heavy atom. The van der Waals surface area contributed by atoms with E-state index in [9.17, 15) is 29.1 Å². The molecule has 0 aliphatic rings. The number of hydrogen-bond donors (Lipinski definition) is 8. The Balaban J connectivity index is 2.10. The molecule has 3 amide bonds. The molecule has 2 rings (SSSR count). The number of carbonyl (C=O) groups excluding carboxylic acids is 3. The molecule has 0 aliphatic carbocycles. The molecule has 0 saturated heterocycles. The van der Waals surface area contributed by atoms with Crippen molar-refractivity contribution in [2.24, 2.45) is 11.7 Å². The zero-order valence-corrected chi connectivity index (χ0v) is 22.2. The fourth-order valence-corrected chi connectivity index (χ4v) is 4.15. The lowest BCUT2D eigenvalue weighted by Gasteiger charge is -2.24. The van der Waals surface area contributed by atoms with Crippen LogP contribution in [0.3, 0.4) is 0 Å². The first-order valence-corrected chi connectivity index (χ1v) is 12.8. The Kier molecular flexibility index (Phi) is 11.6. The number of carboxylic acids is 2. The van der Waals surface area contributed by atoms with Crippen LogP contribution in [0.1, 0.15) is 38.7 Å². The summed E-state index contributed by atoms with van der Waals surface area (Å²) in [6.45, 7) is 3.75. The van der Waals surface area contributed by atoms with Crippen LogP contribution in [0.2, 0.25) is 0 Å². The van der Waals surface area contributed by atoms with Crippen molar-refractivity contribution in [3.63, 3.8) is 0 Å². The predicted molar refractivity (Wildman–Crippen MR) is 144 cm³/mol. The molecule has 0 bridgehead atoms. The van der Waals surface area contributed by atoms with E-state index in [1.165, 1.54) is 0 Å². The van der Waals surface area contributed by atoms with Gasteiger partial charge in [-0.1, -0.05) is 32.0 Å². The van der Waals surface area contributed by atoms with Crippen LogP contribution >= 0.6 is 12.6 Å². The molecule has 12 nitrogen and oxygen atoms in total. The monoisotopic (exact) mass is 549 g/mol.